The number of rotatable bonds is 7. The molecule has 0 saturated carbocycles. The molecular formula is C22H23N3O5. The molecule has 0 spiro atoms. The summed E-state index contributed by atoms with van der Waals surface area (Å²) in [6, 6.07) is 11.8. The molecule has 3 aromatic rings. The second-order valence-electron chi connectivity index (χ2n) is 6.95. The number of nitrogens with one attached hydrogen (secondary N) is 3. The Labute approximate surface area is 173 Å². The van der Waals surface area contributed by atoms with E-state index in [1.54, 1.807) is 19.1 Å². The molecule has 156 valence electrons. The van der Waals surface area contributed by atoms with Crippen LogP contribution in [0.5, 0.6) is 0 Å². The molecule has 1 aliphatic rings. The maximum Gasteiger partial charge on any atom is 0.338 e. The van der Waals surface area contributed by atoms with E-state index in [9.17, 15) is 9.59 Å². The van der Waals surface area contributed by atoms with Crippen LogP contribution in [0, 0.1) is 0 Å². The summed E-state index contributed by atoms with van der Waals surface area (Å²) in [7, 11) is 0. The van der Waals surface area contributed by atoms with E-state index >= 15 is 0 Å². The van der Waals surface area contributed by atoms with Crippen LogP contribution in [0.1, 0.15) is 37.5 Å². The molecule has 30 heavy (non-hydrogen) atoms. The first kappa shape index (κ1) is 19.8. The van der Waals surface area contributed by atoms with Gasteiger partial charge in [0.15, 0.2) is 0 Å². The van der Waals surface area contributed by atoms with Gasteiger partial charge in [0.05, 0.1) is 24.5 Å². The Hall–Kier alpha value is -3.52. The fraction of sp³-hybridized carbons (Fsp3) is 0.273. The minimum atomic E-state index is -0.730. The van der Waals surface area contributed by atoms with Crippen molar-refractivity contribution in [2.75, 3.05) is 13.2 Å². The van der Waals surface area contributed by atoms with Crippen LogP contribution in [0.3, 0.4) is 0 Å². The van der Waals surface area contributed by atoms with Crippen LogP contribution in [0.2, 0.25) is 0 Å². The summed E-state index contributed by atoms with van der Waals surface area (Å²) in [6.07, 6.45) is 1.49. The molecule has 0 aliphatic carbocycles. The molecule has 3 N–H and O–H groups in total. The standard InChI is InChI=1S/C22H23N3O5/c1-3-28-21(26)19-15(24-22(27)25-20(19)17-9-6-10-29-17)12-23-13(2)18-11-14-7-4-5-8-16(14)30-18/h4-11,13,20,23H,3,12H2,1-2H3,(H2,24,25,27). The van der Waals surface area contributed by atoms with Crippen LogP contribution >= 0.6 is 0 Å². The van der Waals surface area contributed by atoms with Crippen molar-refractivity contribution < 1.29 is 23.2 Å². The maximum absolute atomic E-state index is 12.7. The van der Waals surface area contributed by atoms with Crippen molar-refractivity contribution in [2.24, 2.45) is 0 Å². The summed E-state index contributed by atoms with van der Waals surface area (Å²) >= 11 is 0. The number of ether oxygens (including phenoxy) is 1. The fourth-order valence-electron chi connectivity index (χ4n) is 3.45. The van der Waals surface area contributed by atoms with Crippen LogP contribution in [0.15, 0.2) is 68.8 Å². The van der Waals surface area contributed by atoms with E-state index in [0.717, 1.165) is 16.7 Å². The number of urea groups is 1. The Morgan fingerprint density at radius 3 is 2.83 bits per heavy atom. The van der Waals surface area contributed by atoms with Gasteiger partial charge in [0.1, 0.15) is 23.1 Å². The van der Waals surface area contributed by atoms with E-state index < -0.39 is 18.0 Å². The number of esters is 1. The highest BCUT2D eigenvalue weighted by Gasteiger charge is 2.35. The predicted octanol–water partition coefficient (Wildman–Crippen LogP) is 3.55. The van der Waals surface area contributed by atoms with Gasteiger partial charge in [-0.1, -0.05) is 18.2 Å². The topological polar surface area (TPSA) is 106 Å². The molecule has 2 unspecified atom stereocenters. The van der Waals surface area contributed by atoms with Crippen LogP contribution in [-0.4, -0.2) is 25.2 Å². The number of fused-ring (bicyclic) bond motifs is 1. The molecular weight excluding hydrogens is 386 g/mol. The monoisotopic (exact) mass is 409 g/mol. The zero-order valence-electron chi connectivity index (χ0n) is 16.7. The highest BCUT2D eigenvalue weighted by Crippen LogP contribution is 2.29. The lowest BCUT2D eigenvalue weighted by molar-refractivity contribution is -0.139. The lowest BCUT2D eigenvalue weighted by Gasteiger charge is -2.28. The van der Waals surface area contributed by atoms with Gasteiger partial charge in [-0.25, -0.2) is 9.59 Å². The zero-order valence-corrected chi connectivity index (χ0v) is 16.7. The highest BCUT2D eigenvalue weighted by atomic mass is 16.5. The molecule has 3 heterocycles. The molecule has 2 atom stereocenters. The Balaban J connectivity index is 1.60. The van der Waals surface area contributed by atoms with E-state index in [1.165, 1.54) is 6.26 Å². The van der Waals surface area contributed by atoms with Gasteiger partial charge in [0.2, 0.25) is 0 Å². The van der Waals surface area contributed by atoms with E-state index in [0.29, 0.717) is 17.0 Å². The molecule has 1 aliphatic heterocycles. The Morgan fingerprint density at radius 2 is 2.10 bits per heavy atom. The van der Waals surface area contributed by atoms with Crippen molar-refractivity contribution >= 4 is 23.0 Å². The van der Waals surface area contributed by atoms with Gasteiger partial charge in [-0.3, -0.25) is 0 Å². The van der Waals surface area contributed by atoms with E-state index in [1.807, 2.05) is 37.3 Å². The van der Waals surface area contributed by atoms with Gasteiger partial charge in [0, 0.05) is 17.6 Å². The number of benzene rings is 1. The van der Waals surface area contributed by atoms with Crippen LogP contribution in [-0.2, 0) is 9.53 Å². The van der Waals surface area contributed by atoms with Gasteiger partial charge in [-0.2, -0.15) is 0 Å². The molecule has 0 bridgehead atoms. The number of carbonyl (C=O) groups is 2. The molecule has 0 fully saturated rings. The average molecular weight is 409 g/mol. The van der Waals surface area contributed by atoms with E-state index in [4.69, 9.17) is 13.6 Å². The van der Waals surface area contributed by atoms with Crippen LogP contribution in [0.4, 0.5) is 4.79 Å². The number of hydrogen-bond donors (Lipinski definition) is 3. The largest absolute Gasteiger partial charge is 0.467 e. The first-order chi connectivity index (χ1) is 14.6. The van der Waals surface area contributed by atoms with Crippen molar-refractivity contribution in [1.29, 1.82) is 0 Å². The Kier molecular flexibility index (Phi) is 5.58. The second-order valence-corrected chi connectivity index (χ2v) is 6.95. The summed E-state index contributed by atoms with van der Waals surface area (Å²) in [5, 5.41) is 9.78. The van der Waals surface area contributed by atoms with Crippen LogP contribution < -0.4 is 16.0 Å². The number of furan rings is 2. The zero-order chi connectivity index (χ0) is 21.1. The summed E-state index contributed by atoms with van der Waals surface area (Å²) < 4.78 is 16.6. The van der Waals surface area contributed by atoms with Crippen LogP contribution in [0.25, 0.3) is 11.0 Å². The average Bonchev–Trinajstić information content (AvgIpc) is 3.41. The third-order valence-corrected chi connectivity index (χ3v) is 4.93. The molecule has 0 radical (unpaired) electrons. The number of para-hydroxylation sites is 1. The summed E-state index contributed by atoms with van der Waals surface area (Å²) in [4.78, 5) is 24.9. The number of amides is 2. The maximum atomic E-state index is 12.7. The van der Waals surface area contributed by atoms with Gasteiger partial charge in [-0.15, -0.1) is 0 Å². The fourth-order valence-corrected chi connectivity index (χ4v) is 3.45. The lowest BCUT2D eigenvalue weighted by Crippen LogP contribution is -2.48. The summed E-state index contributed by atoms with van der Waals surface area (Å²) in [6.45, 7) is 4.14. The molecule has 8 heteroatoms. The molecule has 0 saturated heterocycles. The minimum absolute atomic E-state index is 0.151. The third-order valence-electron chi connectivity index (χ3n) is 4.93. The smallest absolute Gasteiger partial charge is 0.338 e. The van der Waals surface area contributed by atoms with E-state index in [2.05, 4.69) is 16.0 Å². The number of carbonyl (C=O) groups excluding carboxylic acids is 2. The summed E-state index contributed by atoms with van der Waals surface area (Å²) in [5.41, 5.74) is 1.54. The molecule has 4 rings (SSSR count). The number of hydrogen-bond acceptors (Lipinski definition) is 6. The lowest BCUT2D eigenvalue weighted by atomic mass is 10.00. The molecule has 8 nitrogen and oxygen atoms in total. The molecule has 1 aromatic carbocycles. The second kappa shape index (κ2) is 8.46. The quantitative estimate of drug-likeness (QED) is 0.516. The SMILES string of the molecule is CCOC(=O)C1=C(CNC(C)c2cc3ccccc3o2)NC(=O)NC1c1ccco1. The molecule has 2 aromatic heterocycles. The van der Waals surface area contributed by atoms with Crippen molar-refractivity contribution in [3.8, 4) is 0 Å². The predicted molar refractivity (Wildman–Crippen MR) is 109 cm³/mol. The Bertz CT molecular complexity index is 1050. The van der Waals surface area contributed by atoms with Gasteiger partial charge < -0.3 is 29.5 Å². The normalized spacial score (nSPS) is 17.5. The molecule has 2 amide bonds. The van der Waals surface area contributed by atoms with Crippen molar-refractivity contribution in [1.82, 2.24) is 16.0 Å². The first-order valence-electron chi connectivity index (χ1n) is 9.79. The first-order valence-corrected chi connectivity index (χ1v) is 9.79. The van der Waals surface area contributed by atoms with Gasteiger partial charge in [-0.05, 0) is 38.1 Å². The Morgan fingerprint density at radius 1 is 1.27 bits per heavy atom. The minimum Gasteiger partial charge on any atom is -0.467 e. The van der Waals surface area contributed by atoms with Crippen molar-refractivity contribution in [3.63, 3.8) is 0 Å². The van der Waals surface area contributed by atoms with Gasteiger partial charge in [0.25, 0.3) is 0 Å². The summed E-state index contributed by atoms with van der Waals surface area (Å²) in [5.74, 6) is 0.702. The van der Waals surface area contributed by atoms with Gasteiger partial charge >= 0.3 is 12.0 Å². The van der Waals surface area contributed by atoms with Crippen molar-refractivity contribution in [3.05, 3.63) is 71.5 Å². The highest BCUT2D eigenvalue weighted by molar-refractivity contribution is 5.95. The van der Waals surface area contributed by atoms with Crippen molar-refractivity contribution in [2.45, 2.75) is 25.9 Å². The van der Waals surface area contributed by atoms with E-state index in [-0.39, 0.29) is 19.2 Å². The third kappa shape index (κ3) is 3.95.